The van der Waals surface area contributed by atoms with Crippen LogP contribution in [-0.2, 0) is 7.05 Å². The van der Waals surface area contributed by atoms with Gasteiger partial charge in [-0.3, -0.25) is 9.36 Å². The largest absolute Gasteiger partial charge is 0.356 e. The summed E-state index contributed by atoms with van der Waals surface area (Å²) in [5, 5.41) is 3.33. The van der Waals surface area contributed by atoms with Crippen LogP contribution in [0.15, 0.2) is 46.0 Å². The lowest BCUT2D eigenvalue weighted by molar-refractivity contribution is 0.697. The number of benzene rings is 1. The van der Waals surface area contributed by atoms with Crippen LogP contribution in [0.4, 0.5) is 5.82 Å². The van der Waals surface area contributed by atoms with Gasteiger partial charge in [-0.2, -0.15) is 0 Å². The van der Waals surface area contributed by atoms with Gasteiger partial charge in [0.15, 0.2) is 0 Å². The van der Waals surface area contributed by atoms with Gasteiger partial charge >= 0.3 is 5.69 Å². The fourth-order valence-electron chi connectivity index (χ4n) is 2.74. The molecular weight excluding hydrogens is 280 g/mol. The third kappa shape index (κ3) is 2.69. The van der Waals surface area contributed by atoms with Crippen LogP contribution in [0.3, 0.4) is 0 Å². The SMILES string of the molecule is Cn1c(=O)cc(N2CCCNCC2)n(-c2ccccc2)c1=O. The third-order valence-electron chi connectivity index (χ3n) is 3.97. The molecule has 1 N–H and O–H groups in total. The van der Waals surface area contributed by atoms with Crippen molar-refractivity contribution in [1.29, 1.82) is 0 Å². The van der Waals surface area contributed by atoms with Crippen LogP contribution < -0.4 is 21.5 Å². The average Bonchev–Trinajstić information content (AvgIpc) is 2.82. The summed E-state index contributed by atoms with van der Waals surface area (Å²) in [5.41, 5.74) is 0.186. The molecule has 6 heteroatoms. The molecule has 116 valence electrons. The van der Waals surface area contributed by atoms with Crippen molar-refractivity contribution in [1.82, 2.24) is 14.5 Å². The van der Waals surface area contributed by atoms with Gasteiger partial charge in [0.2, 0.25) is 0 Å². The van der Waals surface area contributed by atoms with Gasteiger partial charge in [-0.25, -0.2) is 9.36 Å². The third-order valence-corrected chi connectivity index (χ3v) is 3.97. The molecule has 0 unspecified atom stereocenters. The molecule has 0 atom stereocenters. The minimum Gasteiger partial charge on any atom is -0.356 e. The van der Waals surface area contributed by atoms with Crippen LogP contribution in [0.2, 0.25) is 0 Å². The van der Waals surface area contributed by atoms with E-state index in [0.717, 1.165) is 42.9 Å². The van der Waals surface area contributed by atoms with Crippen molar-refractivity contribution in [2.24, 2.45) is 7.05 Å². The summed E-state index contributed by atoms with van der Waals surface area (Å²) in [5.74, 6) is 0.669. The van der Waals surface area contributed by atoms with Gasteiger partial charge < -0.3 is 10.2 Å². The first-order valence-corrected chi connectivity index (χ1v) is 7.52. The summed E-state index contributed by atoms with van der Waals surface area (Å²) >= 11 is 0. The molecule has 0 bridgehead atoms. The van der Waals surface area contributed by atoms with Crippen molar-refractivity contribution in [2.75, 3.05) is 31.1 Å². The van der Waals surface area contributed by atoms with Gasteiger partial charge in [0.05, 0.1) is 5.69 Å². The second kappa shape index (κ2) is 6.19. The molecule has 6 nitrogen and oxygen atoms in total. The zero-order valence-corrected chi connectivity index (χ0v) is 12.7. The second-order valence-corrected chi connectivity index (χ2v) is 5.44. The predicted molar refractivity (Wildman–Crippen MR) is 87.0 cm³/mol. The summed E-state index contributed by atoms with van der Waals surface area (Å²) in [4.78, 5) is 26.8. The van der Waals surface area contributed by atoms with Crippen LogP contribution in [0.25, 0.3) is 5.69 Å². The van der Waals surface area contributed by atoms with Crippen LogP contribution in [0.1, 0.15) is 6.42 Å². The highest BCUT2D eigenvalue weighted by atomic mass is 16.2. The van der Waals surface area contributed by atoms with Crippen molar-refractivity contribution < 1.29 is 0 Å². The monoisotopic (exact) mass is 300 g/mol. The molecule has 2 aromatic rings. The van der Waals surface area contributed by atoms with E-state index in [1.165, 1.54) is 7.05 Å². The Balaban J connectivity index is 2.20. The number of hydrogen-bond acceptors (Lipinski definition) is 4. The van der Waals surface area contributed by atoms with E-state index in [0.29, 0.717) is 5.82 Å². The Labute approximate surface area is 128 Å². The number of nitrogens with zero attached hydrogens (tertiary/aromatic N) is 3. The number of para-hydroxylation sites is 1. The number of rotatable bonds is 2. The normalized spacial score (nSPS) is 15.6. The lowest BCUT2D eigenvalue weighted by atomic mass is 10.3. The molecule has 22 heavy (non-hydrogen) atoms. The molecule has 1 aliphatic heterocycles. The highest BCUT2D eigenvalue weighted by Crippen LogP contribution is 2.16. The summed E-state index contributed by atoms with van der Waals surface area (Å²) < 4.78 is 2.76. The summed E-state index contributed by atoms with van der Waals surface area (Å²) in [6.45, 7) is 3.40. The van der Waals surface area contributed by atoms with Gasteiger partial charge in [-0.1, -0.05) is 18.2 Å². The fourth-order valence-corrected chi connectivity index (χ4v) is 2.74. The van der Waals surface area contributed by atoms with Crippen molar-refractivity contribution >= 4 is 5.82 Å². The Hall–Kier alpha value is -2.34. The Morgan fingerprint density at radius 2 is 1.82 bits per heavy atom. The minimum absolute atomic E-state index is 0.274. The average molecular weight is 300 g/mol. The molecule has 0 spiro atoms. The molecule has 0 aliphatic carbocycles. The smallest absolute Gasteiger partial charge is 0.336 e. The number of aromatic nitrogens is 2. The Morgan fingerprint density at radius 3 is 2.59 bits per heavy atom. The van der Waals surface area contributed by atoms with Gasteiger partial charge in [-0.15, -0.1) is 0 Å². The van der Waals surface area contributed by atoms with E-state index in [2.05, 4.69) is 10.2 Å². The topological polar surface area (TPSA) is 59.3 Å². The second-order valence-electron chi connectivity index (χ2n) is 5.44. The van der Waals surface area contributed by atoms with Crippen molar-refractivity contribution in [3.8, 4) is 5.69 Å². The molecule has 1 fully saturated rings. The number of nitrogens with one attached hydrogen (secondary N) is 1. The van der Waals surface area contributed by atoms with E-state index in [4.69, 9.17) is 0 Å². The molecule has 1 aliphatic rings. The van der Waals surface area contributed by atoms with Crippen molar-refractivity contribution in [2.45, 2.75) is 6.42 Å². The Morgan fingerprint density at radius 1 is 1.05 bits per heavy atom. The van der Waals surface area contributed by atoms with Gasteiger partial charge in [-0.05, 0) is 25.1 Å². The van der Waals surface area contributed by atoms with Crippen molar-refractivity contribution in [3.05, 3.63) is 57.2 Å². The molecule has 0 radical (unpaired) electrons. The molecule has 1 aromatic carbocycles. The maximum absolute atomic E-state index is 12.6. The first kappa shape index (κ1) is 14.6. The van der Waals surface area contributed by atoms with Crippen LogP contribution in [0, 0.1) is 0 Å². The van der Waals surface area contributed by atoms with E-state index in [9.17, 15) is 9.59 Å². The van der Waals surface area contributed by atoms with E-state index >= 15 is 0 Å². The van der Waals surface area contributed by atoms with Crippen LogP contribution in [-0.4, -0.2) is 35.3 Å². The molecular formula is C16H20N4O2. The van der Waals surface area contributed by atoms with E-state index in [-0.39, 0.29) is 11.2 Å². The van der Waals surface area contributed by atoms with Gasteiger partial charge in [0.1, 0.15) is 5.82 Å². The van der Waals surface area contributed by atoms with E-state index in [1.54, 1.807) is 10.6 Å². The van der Waals surface area contributed by atoms with Crippen LogP contribution >= 0.6 is 0 Å². The molecule has 0 amide bonds. The Kier molecular flexibility index (Phi) is 4.11. The molecule has 0 saturated carbocycles. The lowest BCUT2D eigenvalue weighted by Gasteiger charge is -2.26. The highest BCUT2D eigenvalue weighted by molar-refractivity contribution is 5.47. The van der Waals surface area contributed by atoms with Gasteiger partial charge in [0, 0.05) is 32.7 Å². The maximum Gasteiger partial charge on any atom is 0.336 e. The highest BCUT2D eigenvalue weighted by Gasteiger charge is 2.17. The first-order valence-electron chi connectivity index (χ1n) is 7.52. The summed E-state index contributed by atoms with van der Waals surface area (Å²) in [7, 11) is 1.51. The van der Waals surface area contributed by atoms with Crippen LogP contribution in [0.5, 0.6) is 0 Å². The lowest BCUT2D eigenvalue weighted by Crippen LogP contribution is -2.41. The summed E-state index contributed by atoms with van der Waals surface area (Å²) in [6.07, 6.45) is 0.984. The quantitative estimate of drug-likeness (QED) is 0.869. The standard InChI is InChI=1S/C16H20N4O2/c1-18-15(21)12-14(19-10-5-8-17-9-11-19)20(16(18)22)13-6-3-2-4-7-13/h2-4,6-7,12,17H,5,8-11H2,1H3. The number of anilines is 1. The molecule has 2 heterocycles. The Bertz CT molecular complexity index is 756. The first-order chi connectivity index (χ1) is 10.7. The van der Waals surface area contributed by atoms with Gasteiger partial charge in [0.25, 0.3) is 5.56 Å². The molecule has 3 rings (SSSR count). The maximum atomic E-state index is 12.6. The number of hydrogen-bond donors (Lipinski definition) is 1. The molecule has 1 saturated heterocycles. The summed E-state index contributed by atoms with van der Waals surface area (Å²) in [6, 6.07) is 11.0. The van der Waals surface area contributed by atoms with E-state index in [1.807, 2.05) is 30.3 Å². The zero-order valence-electron chi connectivity index (χ0n) is 12.7. The molecule has 1 aromatic heterocycles. The minimum atomic E-state index is -0.314. The van der Waals surface area contributed by atoms with E-state index < -0.39 is 0 Å². The predicted octanol–water partition coefficient (Wildman–Crippen LogP) is 0.336. The van der Waals surface area contributed by atoms with Crippen molar-refractivity contribution in [3.63, 3.8) is 0 Å². The zero-order chi connectivity index (χ0) is 15.5. The fraction of sp³-hybridized carbons (Fsp3) is 0.375.